The van der Waals surface area contributed by atoms with E-state index >= 15 is 0 Å². The number of likely N-dealkylation sites (tertiary alicyclic amines) is 1. The monoisotopic (exact) mass is 422 g/mol. The number of imidazole rings is 1. The molecular weight excluding hydrogens is 404 g/mol. The summed E-state index contributed by atoms with van der Waals surface area (Å²) in [5, 5.41) is 3.99. The Morgan fingerprint density at radius 3 is 2.65 bits per heavy atom. The van der Waals surface area contributed by atoms with Gasteiger partial charge in [-0.25, -0.2) is 9.78 Å². The standard InChI is InChI=1S/C19H18N8O4/c1-24-16-14(18(29)25(2)19(24)30)27(10-21-16)9-13(28)26-7-12(8-26)17-22-15(23-31-17)11-3-5-20-6-4-11/h3-6,10,12H,7-9H2,1-2H3. The van der Waals surface area contributed by atoms with Gasteiger partial charge in [0.05, 0.1) is 12.2 Å². The van der Waals surface area contributed by atoms with E-state index in [0.29, 0.717) is 24.8 Å². The third-order valence-corrected chi connectivity index (χ3v) is 5.49. The van der Waals surface area contributed by atoms with Gasteiger partial charge in [0.25, 0.3) is 5.56 Å². The number of pyridine rings is 1. The second-order valence-corrected chi connectivity index (χ2v) is 7.44. The van der Waals surface area contributed by atoms with Crippen LogP contribution in [0, 0.1) is 0 Å². The summed E-state index contributed by atoms with van der Waals surface area (Å²) in [6.07, 6.45) is 4.71. The van der Waals surface area contributed by atoms with E-state index in [1.54, 1.807) is 29.4 Å². The fourth-order valence-corrected chi connectivity index (χ4v) is 3.62. The Bertz CT molecular complexity index is 1410. The van der Waals surface area contributed by atoms with E-state index in [1.165, 1.54) is 29.6 Å². The molecule has 31 heavy (non-hydrogen) atoms. The molecule has 5 heterocycles. The number of nitrogens with zero attached hydrogens (tertiary/aromatic N) is 8. The van der Waals surface area contributed by atoms with Gasteiger partial charge in [0.1, 0.15) is 6.54 Å². The lowest BCUT2D eigenvalue weighted by molar-refractivity contribution is -0.136. The summed E-state index contributed by atoms with van der Waals surface area (Å²) >= 11 is 0. The molecule has 4 aromatic rings. The third kappa shape index (κ3) is 3.03. The van der Waals surface area contributed by atoms with Crippen molar-refractivity contribution >= 4 is 17.1 Å². The molecule has 12 nitrogen and oxygen atoms in total. The van der Waals surface area contributed by atoms with Crippen molar-refractivity contribution in [2.24, 2.45) is 14.1 Å². The van der Waals surface area contributed by atoms with Gasteiger partial charge in [0, 0.05) is 45.1 Å². The van der Waals surface area contributed by atoms with Crippen LogP contribution in [-0.4, -0.2) is 57.7 Å². The zero-order valence-corrected chi connectivity index (χ0v) is 16.8. The minimum absolute atomic E-state index is 0.0414. The Kier molecular flexibility index (Phi) is 4.27. The van der Waals surface area contributed by atoms with Gasteiger partial charge < -0.3 is 14.0 Å². The molecule has 158 valence electrons. The van der Waals surface area contributed by atoms with Crippen molar-refractivity contribution < 1.29 is 9.32 Å². The fourth-order valence-electron chi connectivity index (χ4n) is 3.62. The van der Waals surface area contributed by atoms with Crippen molar-refractivity contribution in [2.45, 2.75) is 12.5 Å². The van der Waals surface area contributed by atoms with E-state index in [2.05, 4.69) is 20.1 Å². The van der Waals surface area contributed by atoms with Crippen molar-refractivity contribution in [3.05, 3.63) is 57.6 Å². The van der Waals surface area contributed by atoms with Crippen LogP contribution in [0.5, 0.6) is 0 Å². The summed E-state index contributed by atoms with van der Waals surface area (Å²) in [5.74, 6) is 0.752. The van der Waals surface area contributed by atoms with Gasteiger partial charge in [-0.05, 0) is 12.1 Å². The highest BCUT2D eigenvalue weighted by molar-refractivity contribution is 5.79. The molecule has 0 radical (unpaired) electrons. The first-order valence-electron chi connectivity index (χ1n) is 9.56. The predicted octanol–water partition coefficient (Wildman–Crippen LogP) is -0.495. The summed E-state index contributed by atoms with van der Waals surface area (Å²) in [6, 6.07) is 3.58. The molecule has 0 aromatic carbocycles. The highest BCUT2D eigenvalue weighted by Crippen LogP contribution is 2.27. The first kappa shape index (κ1) is 18.9. The van der Waals surface area contributed by atoms with E-state index in [9.17, 15) is 14.4 Å². The van der Waals surface area contributed by atoms with E-state index in [4.69, 9.17) is 4.52 Å². The molecule has 12 heteroatoms. The molecule has 1 saturated heterocycles. The molecule has 0 atom stereocenters. The van der Waals surface area contributed by atoms with Crippen LogP contribution in [0.1, 0.15) is 11.8 Å². The quantitative estimate of drug-likeness (QED) is 0.430. The summed E-state index contributed by atoms with van der Waals surface area (Å²) < 4.78 is 9.12. The zero-order chi connectivity index (χ0) is 21.7. The van der Waals surface area contributed by atoms with Crippen molar-refractivity contribution in [1.82, 2.24) is 38.7 Å². The van der Waals surface area contributed by atoms with Crippen molar-refractivity contribution in [3.63, 3.8) is 0 Å². The number of fused-ring (bicyclic) bond motifs is 1. The van der Waals surface area contributed by atoms with Gasteiger partial charge in [0.2, 0.25) is 17.6 Å². The number of aryl methyl sites for hydroxylation is 1. The highest BCUT2D eigenvalue weighted by atomic mass is 16.5. The number of hydrogen-bond acceptors (Lipinski definition) is 8. The van der Waals surface area contributed by atoms with Crippen LogP contribution in [0.2, 0.25) is 0 Å². The molecule has 1 amide bonds. The molecule has 0 aliphatic carbocycles. The molecule has 5 rings (SSSR count). The molecule has 4 aromatic heterocycles. The highest BCUT2D eigenvalue weighted by Gasteiger charge is 2.36. The van der Waals surface area contributed by atoms with Gasteiger partial charge in [-0.2, -0.15) is 4.98 Å². The zero-order valence-electron chi connectivity index (χ0n) is 16.8. The number of carbonyl (C=O) groups is 1. The predicted molar refractivity (Wildman–Crippen MR) is 107 cm³/mol. The van der Waals surface area contributed by atoms with Crippen molar-refractivity contribution in [3.8, 4) is 11.4 Å². The third-order valence-electron chi connectivity index (χ3n) is 5.49. The van der Waals surface area contributed by atoms with Gasteiger partial charge >= 0.3 is 5.69 Å². The van der Waals surface area contributed by atoms with Crippen molar-refractivity contribution in [2.75, 3.05) is 13.1 Å². The maximum absolute atomic E-state index is 12.7. The lowest BCUT2D eigenvalue weighted by atomic mass is 10.00. The minimum Gasteiger partial charge on any atom is -0.339 e. The smallest absolute Gasteiger partial charge is 0.332 e. The van der Waals surface area contributed by atoms with Crippen LogP contribution in [0.3, 0.4) is 0 Å². The SMILES string of the molecule is Cn1c(=O)c2c(ncn2CC(=O)N2CC(c3nc(-c4ccncc4)no3)C2)n(C)c1=O. The van der Waals surface area contributed by atoms with Crippen LogP contribution in [0.4, 0.5) is 0 Å². The van der Waals surface area contributed by atoms with Crippen LogP contribution in [0.15, 0.2) is 45.0 Å². The Balaban J connectivity index is 1.29. The molecule has 1 fully saturated rings. The number of carbonyl (C=O) groups excluding carboxylic acids is 1. The van der Waals surface area contributed by atoms with E-state index < -0.39 is 11.2 Å². The van der Waals surface area contributed by atoms with Gasteiger partial charge in [-0.1, -0.05) is 5.16 Å². The maximum Gasteiger partial charge on any atom is 0.332 e. The van der Waals surface area contributed by atoms with Crippen LogP contribution >= 0.6 is 0 Å². The average molecular weight is 422 g/mol. The first-order valence-corrected chi connectivity index (χ1v) is 9.56. The van der Waals surface area contributed by atoms with Crippen molar-refractivity contribution in [1.29, 1.82) is 0 Å². The Morgan fingerprint density at radius 1 is 1.16 bits per heavy atom. The maximum atomic E-state index is 12.7. The molecule has 0 N–H and O–H groups in total. The topological polar surface area (TPSA) is 134 Å². The summed E-state index contributed by atoms with van der Waals surface area (Å²) in [5.41, 5.74) is 0.316. The second-order valence-electron chi connectivity index (χ2n) is 7.44. The molecular formula is C19H18N8O4. The molecule has 0 bridgehead atoms. The fraction of sp³-hybridized carbons (Fsp3) is 0.316. The molecule has 1 aliphatic rings. The van der Waals surface area contributed by atoms with E-state index in [0.717, 1.165) is 10.1 Å². The van der Waals surface area contributed by atoms with Gasteiger partial charge in [0.15, 0.2) is 11.2 Å². The normalized spacial score (nSPS) is 14.2. The average Bonchev–Trinajstić information content (AvgIpc) is 3.38. The van der Waals surface area contributed by atoms with E-state index in [1.807, 2.05) is 0 Å². The number of hydrogen-bond donors (Lipinski definition) is 0. The largest absolute Gasteiger partial charge is 0.339 e. The second kappa shape index (κ2) is 7.00. The number of aromatic nitrogens is 7. The molecule has 1 aliphatic heterocycles. The number of amides is 1. The van der Waals surface area contributed by atoms with Crippen LogP contribution in [0.25, 0.3) is 22.6 Å². The Hall–Kier alpha value is -4.09. The first-order chi connectivity index (χ1) is 14.9. The summed E-state index contributed by atoms with van der Waals surface area (Å²) in [4.78, 5) is 51.4. The lowest BCUT2D eigenvalue weighted by Gasteiger charge is -2.37. The minimum atomic E-state index is -0.487. The Morgan fingerprint density at radius 2 is 1.90 bits per heavy atom. The number of rotatable bonds is 4. The Labute approximate surface area is 174 Å². The molecule has 0 spiro atoms. The molecule has 0 saturated carbocycles. The summed E-state index contributed by atoms with van der Waals surface area (Å²) in [6.45, 7) is 0.836. The van der Waals surface area contributed by atoms with Crippen LogP contribution < -0.4 is 11.2 Å². The summed E-state index contributed by atoms with van der Waals surface area (Å²) in [7, 11) is 2.93. The molecule has 0 unspecified atom stereocenters. The van der Waals surface area contributed by atoms with Gasteiger partial charge in [-0.3, -0.25) is 23.7 Å². The lowest BCUT2D eigenvalue weighted by Crippen LogP contribution is -2.49. The van der Waals surface area contributed by atoms with Gasteiger partial charge in [-0.15, -0.1) is 0 Å². The van der Waals surface area contributed by atoms with E-state index in [-0.39, 0.29) is 29.5 Å². The van der Waals surface area contributed by atoms with Crippen LogP contribution in [-0.2, 0) is 25.4 Å².